The van der Waals surface area contributed by atoms with Gasteiger partial charge in [0, 0.05) is 25.3 Å². The SMILES string of the molecule is c1cnc(N2CCCC2)c(NC2CCSCC2)c1. The Labute approximate surface area is 113 Å². The van der Waals surface area contributed by atoms with Crippen molar-refractivity contribution in [2.75, 3.05) is 34.8 Å². The van der Waals surface area contributed by atoms with Crippen molar-refractivity contribution in [2.45, 2.75) is 31.7 Å². The van der Waals surface area contributed by atoms with Gasteiger partial charge in [0.25, 0.3) is 0 Å². The summed E-state index contributed by atoms with van der Waals surface area (Å²) in [6, 6.07) is 4.86. The first-order valence-electron chi connectivity index (χ1n) is 6.98. The molecule has 0 aromatic carbocycles. The van der Waals surface area contributed by atoms with Crippen molar-refractivity contribution < 1.29 is 0 Å². The number of thioether (sulfide) groups is 1. The highest BCUT2D eigenvalue weighted by Gasteiger charge is 2.19. The maximum atomic E-state index is 4.58. The summed E-state index contributed by atoms with van der Waals surface area (Å²) in [6.45, 7) is 2.32. The van der Waals surface area contributed by atoms with Crippen LogP contribution in [0.1, 0.15) is 25.7 Å². The molecule has 2 aliphatic rings. The Morgan fingerprint density at radius 1 is 1.22 bits per heavy atom. The number of hydrogen-bond donors (Lipinski definition) is 1. The first-order valence-corrected chi connectivity index (χ1v) is 8.13. The molecule has 0 aliphatic carbocycles. The largest absolute Gasteiger partial charge is 0.379 e. The molecule has 0 spiro atoms. The van der Waals surface area contributed by atoms with E-state index in [0.717, 1.165) is 18.9 Å². The van der Waals surface area contributed by atoms with E-state index in [0.29, 0.717) is 6.04 Å². The first-order chi connectivity index (χ1) is 8.93. The standard InChI is InChI=1S/C14H21N3S/c1-2-9-17(8-1)14-13(4-3-7-15-14)16-12-5-10-18-11-6-12/h3-4,7,12,16H,1-2,5-6,8-11H2. The van der Waals surface area contributed by atoms with Crippen LogP contribution in [0.4, 0.5) is 11.5 Å². The van der Waals surface area contributed by atoms with E-state index in [4.69, 9.17) is 0 Å². The Kier molecular flexibility index (Phi) is 3.93. The van der Waals surface area contributed by atoms with Crippen LogP contribution in [0, 0.1) is 0 Å². The van der Waals surface area contributed by atoms with E-state index in [-0.39, 0.29) is 0 Å². The normalized spacial score (nSPS) is 21.2. The highest BCUT2D eigenvalue weighted by atomic mass is 32.2. The molecule has 3 heterocycles. The predicted molar refractivity (Wildman–Crippen MR) is 79.7 cm³/mol. The minimum atomic E-state index is 0.636. The summed E-state index contributed by atoms with van der Waals surface area (Å²) in [7, 11) is 0. The third-order valence-electron chi connectivity index (χ3n) is 3.77. The average molecular weight is 263 g/mol. The number of aromatic nitrogens is 1. The fraction of sp³-hybridized carbons (Fsp3) is 0.643. The molecule has 4 heteroatoms. The molecule has 0 amide bonds. The molecular formula is C14H21N3S. The molecule has 0 saturated carbocycles. The second-order valence-corrected chi connectivity index (χ2v) is 6.32. The van der Waals surface area contributed by atoms with Gasteiger partial charge in [0.05, 0.1) is 5.69 Å². The van der Waals surface area contributed by atoms with Crippen LogP contribution < -0.4 is 10.2 Å². The molecule has 2 aliphatic heterocycles. The number of pyridine rings is 1. The monoisotopic (exact) mass is 263 g/mol. The number of nitrogens with one attached hydrogen (secondary N) is 1. The Morgan fingerprint density at radius 2 is 2.00 bits per heavy atom. The smallest absolute Gasteiger partial charge is 0.151 e. The van der Waals surface area contributed by atoms with Crippen molar-refractivity contribution >= 4 is 23.3 Å². The zero-order valence-corrected chi connectivity index (χ0v) is 11.6. The molecule has 3 nitrogen and oxygen atoms in total. The maximum absolute atomic E-state index is 4.58. The molecule has 18 heavy (non-hydrogen) atoms. The Hall–Kier alpha value is -0.900. The zero-order chi connectivity index (χ0) is 12.2. The van der Waals surface area contributed by atoms with E-state index in [2.05, 4.69) is 33.0 Å². The Morgan fingerprint density at radius 3 is 2.78 bits per heavy atom. The van der Waals surface area contributed by atoms with Gasteiger partial charge in [0.2, 0.25) is 0 Å². The van der Waals surface area contributed by atoms with Gasteiger partial charge in [-0.3, -0.25) is 0 Å². The quantitative estimate of drug-likeness (QED) is 0.907. The first kappa shape index (κ1) is 12.2. The van der Waals surface area contributed by atoms with Gasteiger partial charge < -0.3 is 10.2 Å². The second-order valence-electron chi connectivity index (χ2n) is 5.10. The number of hydrogen-bond acceptors (Lipinski definition) is 4. The molecule has 1 aromatic heterocycles. The van der Waals surface area contributed by atoms with E-state index in [1.54, 1.807) is 0 Å². The Bertz CT molecular complexity index is 384. The zero-order valence-electron chi connectivity index (χ0n) is 10.8. The van der Waals surface area contributed by atoms with E-state index in [9.17, 15) is 0 Å². The van der Waals surface area contributed by atoms with Crippen LogP contribution in [0.2, 0.25) is 0 Å². The molecule has 0 unspecified atom stereocenters. The molecular weight excluding hydrogens is 242 g/mol. The lowest BCUT2D eigenvalue weighted by Gasteiger charge is -2.27. The molecule has 2 saturated heterocycles. The van der Waals surface area contributed by atoms with Crippen LogP contribution in [0.15, 0.2) is 18.3 Å². The predicted octanol–water partition coefficient (Wildman–Crippen LogP) is 2.99. The van der Waals surface area contributed by atoms with Gasteiger partial charge in [0.1, 0.15) is 0 Å². The van der Waals surface area contributed by atoms with Crippen molar-refractivity contribution in [3.8, 4) is 0 Å². The van der Waals surface area contributed by atoms with Gasteiger partial charge in [-0.25, -0.2) is 4.98 Å². The number of nitrogens with zero attached hydrogens (tertiary/aromatic N) is 2. The summed E-state index contributed by atoms with van der Waals surface area (Å²) in [5.41, 5.74) is 1.23. The maximum Gasteiger partial charge on any atom is 0.151 e. The van der Waals surface area contributed by atoms with E-state index < -0.39 is 0 Å². The summed E-state index contributed by atoms with van der Waals surface area (Å²) < 4.78 is 0. The molecule has 3 rings (SSSR count). The lowest BCUT2D eigenvalue weighted by molar-refractivity contribution is 0.666. The highest BCUT2D eigenvalue weighted by molar-refractivity contribution is 7.99. The summed E-state index contributed by atoms with van der Waals surface area (Å²) in [4.78, 5) is 7.00. The fourth-order valence-corrected chi connectivity index (χ4v) is 3.86. The summed E-state index contributed by atoms with van der Waals surface area (Å²) in [5.74, 6) is 3.74. The van der Waals surface area contributed by atoms with Crippen molar-refractivity contribution in [2.24, 2.45) is 0 Å². The lowest BCUT2D eigenvalue weighted by Crippen LogP contribution is -2.27. The van der Waals surface area contributed by atoms with Crippen LogP contribution in [0.3, 0.4) is 0 Å². The van der Waals surface area contributed by atoms with Crippen molar-refractivity contribution in [3.05, 3.63) is 18.3 Å². The van der Waals surface area contributed by atoms with Crippen molar-refractivity contribution in [1.82, 2.24) is 4.98 Å². The molecule has 98 valence electrons. The average Bonchev–Trinajstić information content (AvgIpc) is 2.94. The number of rotatable bonds is 3. The lowest BCUT2D eigenvalue weighted by atomic mass is 10.1. The molecule has 0 atom stereocenters. The molecule has 1 N–H and O–H groups in total. The van der Waals surface area contributed by atoms with Crippen molar-refractivity contribution in [3.63, 3.8) is 0 Å². The Balaban J connectivity index is 1.73. The second kappa shape index (κ2) is 5.83. The van der Waals surface area contributed by atoms with Gasteiger partial charge in [-0.05, 0) is 49.3 Å². The fourth-order valence-electron chi connectivity index (χ4n) is 2.75. The van der Waals surface area contributed by atoms with E-state index in [1.807, 2.05) is 12.3 Å². The minimum absolute atomic E-state index is 0.636. The molecule has 1 aromatic rings. The van der Waals surface area contributed by atoms with Gasteiger partial charge >= 0.3 is 0 Å². The summed E-state index contributed by atoms with van der Waals surface area (Å²) in [5, 5.41) is 3.71. The van der Waals surface area contributed by atoms with Gasteiger partial charge in [-0.1, -0.05) is 0 Å². The number of anilines is 2. The topological polar surface area (TPSA) is 28.2 Å². The van der Waals surface area contributed by atoms with Crippen LogP contribution in [-0.2, 0) is 0 Å². The van der Waals surface area contributed by atoms with E-state index >= 15 is 0 Å². The van der Waals surface area contributed by atoms with Crippen LogP contribution in [-0.4, -0.2) is 35.6 Å². The van der Waals surface area contributed by atoms with E-state index in [1.165, 1.54) is 42.9 Å². The molecule has 2 fully saturated rings. The van der Waals surface area contributed by atoms with Crippen molar-refractivity contribution in [1.29, 1.82) is 0 Å². The van der Waals surface area contributed by atoms with Crippen LogP contribution >= 0.6 is 11.8 Å². The summed E-state index contributed by atoms with van der Waals surface area (Å²) in [6.07, 6.45) is 7.07. The molecule has 0 radical (unpaired) electrons. The highest BCUT2D eigenvalue weighted by Crippen LogP contribution is 2.28. The summed E-state index contributed by atoms with van der Waals surface area (Å²) >= 11 is 2.07. The molecule has 0 bridgehead atoms. The minimum Gasteiger partial charge on any atom is -0.379 e. The van der Waals surface area contributed by atoms with Crippen LogP contribution in [0.5, 0.6) is 0 Å². The van der Waals surface area contributed by atoms with Gasteiger partial charge in [0.15, 0.2) is 5.82 Å². The third kappa shape index (κ3) is 2.74. The van der Waals surface area contributed by atoms with Gasteiger partial charge in [-0.2, -0.15) is 11.8 Å². The van der Waals surface area contributed by atoms with Gasteiger partial charge in [-0.15, -0.1) is 0 Å². The van der Waals surface area contributed by atoms with Crippen LogP contribution in [0.25, 0.3) is 0 Å². The third-order valence-corrected chi connectivity index (χ3v) is 4.82.